The van der Waals surface area contributed by atoms with Gasteiger partial charge < -0.3 is 15.7 Å². The number of benzene rings is 1. The van der Waals surface area contributed by atoms with E-state index in [0.29, 0.717) is 13.0 Å². The minimum absolute atomic E-state index is 0.127. The van der Waals surface area contributed by atoms with Crippen molar-refractivity contribution in [3.8, 4) is 0 Å². The van der Waals surface area contributed by atoms with Crippen molar-refractivity contribution < 1.29 is 9.90 Å². The van der Waals surface area contributed by atoms with Crippen molar-refractivity contribution in [3.63, 3.8) is 0 Å². The van der Waals surface area contributed by atoms with Crippen molar-refractivity contribution >= 4 is 11.7 Å². The van der Waals surface area contributed by atoms with Crippen molar-refractivity contribution in [2.75, 3.05) is 11.9 Å². The van der Waals surface area contributed by atoms with Gasteiger partial charge in [-0.15, -0.1) is 0 Å². The Morgan fingerprint density at radius 3 is 2.40 bits per heavy atom. The van der Waals surface area contributed by atoms with E-state index in [1.807, 2.05) is 38.1 Å². The zero-order chi connectivity index (χ0) is 15.2. The SMILES string of the molecule is CCc1ccc(NC(=O)NCC(C)(C)CC(C)O)cc1. The van der Waals surface area contributed by atoms with Crippen LogP contribution >= 0.6 is 0 Å². The van der Waals surface area contributed by atoms with Gasteiger partial charge in [-0.05, 0) is 42.9 Å². The molecule has 0 aliphatic heterocycles. The summed E-state index contributed by atoms with van der Waals surface area (Å²) in [5.41, 5.74) is 1.90. The number of anilines is 1. The Hall–Kier alpha value is -1.55. The van der Waals surface area contributed by atoms with Crippen LogP contribution < -0.4 is 10.6 Å². The van der Waals surface area contributed by atoms with Gasteiger partial charge in [0, 0.05) is 12.2 Å². The summed E-state index contributed by atoms with van der Waals surface area (Å²) in [6.45, 7) is 8.43. The van der Waals surface area contributed by atoms with E-state index in [-0.39, 0.29) is 17.6 Å². The molecule has 1 atom stereocenters. The fourth-order valence-corrected chi connectivity index (χ4v) is 2.19. The fourth-order valence-electron chi connectivity index (χ4n) is 2.19. The van der Waals surface area contributed by atoms with Gasteiger partial charge in [-0.25, -0.2) is 4.79 Å². The van der Waals surface area contributed by atoms with Crippen LogP contribution in [0.1, 0.15) is 39.7 Å². The molecule has 112 valence electrons. The molecule has 0 aliphatic carbocycles. The predicted octanol–water partition coefficient (Wildman–Crippen LogP) is 3.17. The van der Waals surface area contributed by atoms with Gasteiger partial charge in [0.2, 0.25) is 0 Å². The monoisotopic (exact) mass is 278 g/mol. The molecule has 0 bridgehead atoms. The number of rotatable bonds is 6. The Balaban J connectivity index is 2.43. The number of hydrogen-bond acceptors (Lipinski definition) is 2. The summed E-state index contributed by atoms with van der Waals surface area (Å²) in [5, 5.41) is 15.1. The first-order valence-corrected chi connectivity index (χ1v) is 7.14. The fraction of sp³-hybridized carbons (Fsp3) is 0.562. The van der Waals surface area contributed by atoms with Gasteiger partial charge in [0.15, 0.2) is 0 Å². The van der Waals surface area contributed by atoms with Gasteiger partial charge in [0.25, 0.3) is 0 Å². The zero-order valence-electron chi connectivity index (χ0n) is 12.9. The summed E-state index contributed by atoms with van der Waals surface area (Å²) in [5.74, 6) is 0. The van der Waals surface area contributed by atoms with E-state index in [1.54, 1.807) is 6.92 Å². The normalized spacial score (nSPS) is 12.8. The molecule has 3 N–H and O–H groups in total. The lowest BCUT2D eigenvalue weighted by atomic mass is 9.87. The third-order valence-electron chi connectivity index (χ3n) is 3.20. The van der Waals surface area contributed by atoms with Gasteiger partial charge in [-0.2, -0.15) is 0 Å². The Morgan fingerprint density at radius 2 is 1.90 bits per heavy atom. The minimum atomic E-state index is -0.364. The molecule has 0 aromatic heterocycles. The van der Waals surface area contributed by atoms with Crippen LogP contribution in [-0.2, 0) is 6.42 Å². The number of urea groups is 1. The molecule has 1 unspecified atom stereocenters. The number of aryl methyl sites for hydroxylation is 1. The van der Waals surface area contributed by atoms with Crippen LogP contribution in [0.4, 0.5) is 10.5 Å². The van der Waals surface area contributed by atoms with E-state index in [2.05, 4.69) is 17.6 Å². The zero-order valence-corrected chi connectivity index (χ0v) is 12.9. The molecule has 20 heavy (non-hydrogen) atoms. The molecule has 0 saturated carbocycles. The molecule has 0 radical (unpaired) electrons. The molecule has 2 amide bonds. The van der Waals surface area contributed by atoms with Crippen LogP contribution in [0.15, 0.2) is 24.3 Å². The second-order valence-electron chi connectivity index (χ2n) is 6.08. The second kappa shape index (κ2) is 7.29. The van der Waals surface area contributed by atoms with Crippen molar-refractivity contribution in [1.29, 1.82) is 0 Å². The smallest absolute Gasteiger partial charge is 0.319 e. The highest BCUT2D eigenvalue weighted by Gasteiger charge is 2.21. The number of hydrogen-bond donors (Lipinski definition) is 3. The molecule has 1 aromatic rings. The van der Waals surface area contributed by atoms with Crippen LogP contribution in [-0.4, -0.2) is 23.8 Å². The van der Waals surface area contributed by atoms with Crippen LogP contribution in [0, 0.1) is 5.41 Å². The van der Waals surface area contributed by atoms with E-state index < -0.39 is 0 Å². The minimum Gasteiger partial charge on any atom is -0.393 e. The Morgan fingerprint density at radius 1 is 1.30 bits per heavy atom. The summed E-state index contributed by atoms with van der Waals surface area (Å²) in [6, 6.07) is 7.60. The van der Waals surface area contributed by atoms with Gasteiger partial charge in [-0.1, -0.05) is 32.9 Å². The van der Waals surface area contributed by atoms with Crippen molar-refractivity contribution in [3.05, 3.63) is 29.8 Å². The molecule has 4 nitrogen and oxygen atoms in total. The summed E-state index contributed by atoms with van der Waals surface area (Å²) >= 11 is 0. The van der Waals surface area contributed by atoms with Crippen molar-refractivity contribution in [1.82, 2.24) is 5.32 Å². The highest BCUT2D eigenvalue weighted by molar-refractivity contribution is 5.89. The molecular weight excluding hydrogens is 252 g/mol. The molecule has 0 aliphatic rings. The van der Waals surface area contributed by atoms with E-state index in [4.69, 9.17) is 0 Å². The summed E-state index contributed by atoms with van der Waals surface area (Å²) in [7, 11) is 0. The maximum absolute atomic E-state index is 11.8. The topological polar surface area (TPSA) is 61.4 Å². The average Bonchev–Trinajstić information content (AvgIpc) is 2.36. The lowest BCUT2D eigenvalue weighted by Gasteiger charge is -2.26. The largest absolute Gasteiger partial charge is 0.393 e. The van der Waals surface area contributed by atoms with Crippen molar-refractivity contribution in [2.45, 2.75) is 46.6 Å². The molecule has 1 aromatic carbocycles. The highest BCUT2D eigenvalue weighted by atomic mass is 16.3. The molecule has 0 spiro atoms. The van der Waals surface area contributed by atoms with Gasteiger partial charge in [0.05, 0.1) is 6.10 Å². The summed E-state index contributed by atoms with van der Waals surface area (Å²) in [6.07, 6.45) is 1.27. The number of aliphatic hydroxyl groups is 1. The van der Waals surface area contributed by atoms with E-state index in [0.717, 1.165) is 12.1 Å². The van der Waals surface area contributed by atoms with Gasteiger partial charge in [-0.3, -0.25) is 0 Å². The first-order valence-electron chi connectivity index (χ1n) is 7.14. The third-order valence-corrected chi connectivity index (χ3v) is 3.20. The summed E-state index contributed by atoms with van der Waals surface area (Å²) < 4.78 is 0. The van der Waals surface area contributed by atoms with E-state index in [9.17, 15) is 9.90 Å². The first kappa shape index (κ1) is 16.5. The molecule has 0 heterocycles. The Kier molecular flexibility index (Phi) is 6.02. The average molecular weight is 278 g/mol. The number of carbonyl (C=O) groups excluding carboxylic acids is 1. The maximum atomic E-state index is 11.8. The number of carbonyl (C=O) groups is 1. The Bertz CT molecular complexity index is 425. The summed E-state index contributed by atoms with van der Waals surface area (Å²) in [4.78, 5) is 11.8. The molecule has 1 rings (SSSR count). The molecule has 0 fully saturated rings. The van der Waals surface area contributed by atoms with Gasteiger partial charge in [0.1, 0.15) is 0 Å². The number of nitrogens with one attached hydrogen (secondary N) is 2. The van der Waals surface area contributed by atoms with Crippen LogP contribution in [0.3, 0.4) is 0 Å². The molecule has 0 saturated heterocycles. The van der Waals surface area contributed by atoms with Crippen LogP contribution in [0.25, 0.3) is 0 Å². The quantitative estimate of drug-likeness (QED) is 0.748. The predicted molar refractivity (Wildman–Crippen MR) is 82.9 cm³/mol. The highest BCUT2D eigenvalue weighted by Crippen LogP contribution is 2.21. The standard InChI is InChI=1S/C16H26N2O2/c1-5-13-6-8-14(9-7-13)18-15(20)17-11-16(3,4)10-12(2)19/h6-9,12,19H,5,10-11H2,1-4H3,(H2,17,18,20). The number of amides is 2. The Labute approximate surface area is 121 Å². The third kappa shape index (κ3) is 6.06. The second-order valence-corrected chi connectivity index (χ2v) is 6.08. The van der Waals surface area contributed by atoms with Gasteiger partial charge >= 0.3 is 6.03 Å². The van der Waals surface area contributed by atoms with E-state index >= 15 is 0 Å². The molecule has 4 heteroatoms. The lowest BCUT2D eigenvalue weighted by molar-refractivity contribution is 0.129. The first-order chi connectivity index (χ1) is 9.32. The maximum Gasteiger partial charge on any atom is 0.319 e. The van der Waals surface area contributed by atoms with E-state index in [1.165, 1.54) is 5.56 Å². The number of aliphatic hydroxyl groups excluding tert-OH is 1. The molecular formula is C16H26N2O2. The van der Waals surface area contributed by atoms with Crippen molar-refractivity contribution in [2.24, 2.45) is 5.41 Å². The van der Waals surface area contributed by atoms with Crippen LogP contribution in [0.5, 0.6) is 0 Å². The van der Waals surface area contributed by atoms with Crippen LogP contribution in [0.2, 0.25) is 0 Å². The lowest BCUT2D eigenvalue weighted by Crippen LogP contribution is -2.38.